The van der Waals surface area contributed by atoms with Gasteiger partial charge in [-0.05, 0) is 60.3 Å². The summed E-state index contributed by atoms with van der Waals surface area (Å²) in [5.41, 5.74) is 8.15. The van der Waals surface area contributed by atoms with Gasteiger partial charge in [0.1, 0.15) is 0 Å². The molecule has 112 valence electrons. The van der Waals surface area contributed by atoms with E-state index in [1.54, 1.807) is 0 Å². The molecule has 2 rings (SSSR count). The van der Waals surface area contributed by atoms with Crippen LogP contribution in [0.3, 0.4) is 0 Å². The average molecular weight is 314 g/mol. The van der Waals surface area contributed by atoms with Crippen LogP contribution in [0.5, 0.6) is 0 Å². The van der Waals surface area contributed by atoms with E-state index in [9.17, 15) is 0 Å². The Hall–Kier alpha value is -0.240. The van der Waals surface area contributed by atoms with Gasteiger partial charge < -0.3 is 5.73 Å². The van der Waals surface area contributed by atoms with Gasteiger partial charge >= 0.3 is 0 Å². The summed E-state index contributed by atoms with van der Waals surface area (Å²) in [6.45, 7) is 9.26. The van der Waals surface area contributed by atoms with Gasteiger partial charge in [-0.25, -0.2) is 0 Å². The topological polar surface area (TPSA) is 26.0 Å². The number of benzene rings is 1. The maximum atomic E-state index is 6.76. The summed E-state index contributed by atoms with van der Waals surface area (Å²) in [6.07, 6.45) is 4.04. The summed E-state index contributed by atoms with van der Waals surface area (Å²) in [4.78, 5) is 0. The lowest BCUT2D eigenvalue weighted by Gasteiger charge is -2.50. The van der Waals surface area contributed by atoms with E-state index in [0.717, 1.165) is 34.9 Å². The zero-order valence-corrected chi connectivity index (χ0v) is 14.4. The molecule has 0 radical (unpaired) electrons. The molecule has 1 aliphatic carbocycles. The Bertz CT molecular complexity index is 490. The minimum atomic E-state index is -0.209. The Kier molecular flexibility index (Phi) is 4.19. The van der Waals surface area contributed by atoms with Gasteiger partial charge in [0.15, 0.2) is 0 Å². The SMILES string of the molecule is CC1(C)CC(C)(C)CC(N)(Cc2cc(Cl)ccc2Cl)C1. The molecule has 1 fully saturated rings. The highest BCUT2D eigenvalue weighted by atomic mass is 35.5. The Balaban J connectivity index is 2.28. The van der Waals surface area contributed by atoms with Crippen LogP contribution in [0.25, 0.3) is 0 Å². The molecule has 0 aliphatic heterocycles. The third-order valence-corrected chi connectivity index (χ3v) is 4.77. The van der Waals surface area contributed by atoms with Crippen molar-refractivity contribution < 1.29 is 0 Å². The Morgan fingerprint density at radius 3 is 2.10 bits per heavy atom. The van der Waals surface area contributed by atoms with Crippen molar-refractivity contribution in [2.24, 2.45) is 16.6 Å². The molecule has 1 saturated carbocycles. The van der Waals surface area contributed by atoms with Crippen molar-refractivity contribution in [2.75, 3.05) is 0 Å². The smallest absolute Gasteiger partial charge is 0.0439 e. The molecule has 0 unspecified atom stereocenters. The quantitative estimate of drug-likeness (QED) is 0.769. The van der Waals surface area contributed by atoms with Crippen LogP contribution in [-0.2, 0) is 6.42 Å². The first-order chi connectivity index (χ1) is 9.00. The fraction of sp³-hybridized carbons (Fsp3) is 0.647. The maximum absolute atomic E-state index is 6.76. The van der Waals surface area contributed by atoms with Crippen LogP contribution in [0.15, 0.2) is 18.2 Å². The minimum absolute atomic E-state index is 0.209. The van der Waals surface area contributed by atoms with E-state index in [0.29, 0.717) is 0 Å². The molecule has 3 heteroatoms. The van der Waals surface area contributed by atoms with Crippen molar-refractivity contribution in [1.82, 2.24) is 0 Å². The van der Waals surface area contributed by atoms with Gasteiger partial charge in [0, 0.05) is 15.6 Å². The Labute approximate surface area is 132 Å². The molecule has 0 aromatic heterocycles. The maximum Gasteiger partial charge on any atom is 0.0439 e. The molecular weight excluding hydrogens is 289 g/mol. The molecule has 0 bridgehead atoms. The number of nitrogens with two attached hydrogens (primary N) is 1. The lowest BCUT2D eigenvalue weighted by atomic mass is 9.57. The molecule has 0 spiro atoms. The van der Waals surface area contributed by atoms with Gasteiger partial charge in [0.25, 0.3) is 0 Å². The number of hydrogen-bond donors (Lipinski definition) is 1. The highest BCUT2D eigenvalue weighted by Crippen LogP contribution is 2.50. The van der Waals surface area contributed by atoms with Crippen LogP contribution in [0.4, 0.5) is 0 Å². The highest BCUT2D eigenvalue weighted by Gasteiger charge is 2.45. The van der Waals surface area contributed by atoms with E-state index in [1.807, 2.05) is 18.2 Å². The molecule has 1 aromatic rings. The van der Waals surface area contributed by atoms with Crippen molar-refractivity contribution in [2.45, 2.75) is 58.9 Å². The molecular formula is C17H25Cl2N. The summed E-state index contributed by atoms with van der Waals surface area (Å²) in [7, 11) is 0. The number of hydrogen-bond acceptors (Lipinski definition) is 1. The van der Waals surface area contributed by atoms with E-state index in [-0.39, 0.29) is 16.4 Å². The molecule has 0 amide bonds. The van der Waals surface area contributed by atoms with Gasteiger partial charge in [0.05, 0.1) is 0 Å². The average Bonchev–Trinajstić information content (AvgIpc) is 2.17. The van der Waals surface area contributed by atoms with Crippen LogP contribution >= 0.6 is 23.2 Å². The third kappa shape index (κ3) is 3.90. The summed E-state index contributed by atoms with van der Waals surface area (Å²) in [5.74, 6) is 0. The van der Waals surface area contributed by atoms with Crippen molar-refractivity contribution in [3.8, 4) is 0 Å². The zero-order chi connectivity index (χ0) is 15.2. The molecule has 1 aromatic carbocycles. The fourth-order valence-corrected chi connectivity index (χ4v) is 4.95. The predicted molar refractivity (Wildman–Crippen MR) is 88.5 cm³/mol. The first-order valence-corrected chi connectivity index (χ1v) is 7.99. The second-order valence-corrected chi connectivity index (χ2v) is 8.98. The lowest BCUT2D eigenvalue weighted by molar-refractivity contribution is 0.0487. The van der Waals surface area contributed by atoms with E-state index in [4.69, 9.17) is 28.9 Å². The first-order valence-electron chi connectivity index (χ1n) is 7.23. The lowest BCUT2D eigenvalue weighted by Crippen LogP contribution is -2.53. The van der Waals surface area contributed by atoms with Crippen LogP contribution in [0, 0.1) is 10.8 Å². The van der Waals surface area contributed by atoms with Crippen molar-refractivity contribution in [1.29, 1.82) is 0 Å². The molecule has 0 saturated heterocycles. The standard InChI is InChI=1S/C17H25Cl2N/c1-15(2)9-16(3,4)11-17(20,10-15)8-12-7-13(18)5-6-14(12)19/h5-7H,8-11,20H2,1-4H3. The van der Waals surface area contributed by atoms with Crippen LogP contribution < -0.4 is 5.73 Å². The van der Waals surface area contributed by atoms with Crippen LogP contribution in [0.1, 0.15) is 52.5 Å². The second kappa shape index (κ2) is 5.19. The molecule has 20 heavy (non-hydrogen) atoms. The van der Waals surface area contributed by atoms with E-state index in [1.165, 1.54) is 6.42 Å². The second-order valence-electron chi connectivity index (χ2n) is 8.13. The van der Waals surface area contributed by atoms with Gasteiger partial charge in [-0.2, -0.15) is 0 Å². The Morgan fingerprint density at radius 2 is 1.55 bits per heavy atom. The monoisotopic (exact) mass is 313 g/mol. The molecule has 2 N–H and O–H groups in total. The molecule has 1 nitrogen and oxygen atoms in total. The largest absolute Gasteiger partial charge is 0.325 e. The third-order valence-electron chi connectivity index (χ3n) is 4.17. The van der Waals surface area contributed by atoms with Crippen LogP contribution in [0.2, 0.25) is 10.0 Å². The van der Waals surface area contributed by atoms with Gasteiger partial charge in [0.2, 0.25) is 0 Å². The van der Waals surface area contributed by atoms with Gasteiger partial charge in [-0.3, -0.25) is 0 Å². The summed E-state index contributed by atoms with van der Waals surface area (Å²) < 4.78 is 0. The first kappa shape index (κ1) is 16.1. The normalized spacial score (nSPS) is 23.6. The predicted octanol–water partition coefficient (Wildman–Crippen LogP) is 5.47. The van der Waals surface area contributed by atoms with Crippen molar-refractivity contribution in [3.63, 3.8) is 0 Å². The van der Waals surface area contributed by atoms with E-state index in [2.05, 4.69) is 27.7 Å². The van der Waals surface area contributed by atoms with Crippen molar-refractivity contribution in [3.05, 3.63) is 33.8 Å². The summed E-state index contributed by atoms with van der Waals surface area (Å²) in [6, 6.07) is 5.64. The number of rotatable bonds is 2. The summed E-state index contributed by atoms with van der Waals surface area (Å²) in [5, 5.41) is 1.49. The zero-order valence-electron chi connectivity index (χ0n) is 12.9. The fourth-order valence-electron chi connectivity index (χ4n) is 4.57. The van der Waals surface area contributed by atoms with Crippen molar-refractivity contribution >= 4 is 23.2 Å². The van der Waals surface area contributed by atoms with E-state index >= 15 is 0 Å². The molecule has 0 heterocycles. The van der Waals surface area contributed by atoms with Gasteiger partial charge in [-0.15, -0.1) is 0 Å². The van der Waals surface area contributed by atoms with Crippen LogP contribution in [-0.4, -0.2) is 5.54 Å². The highest BCUT2D eigenvalue weighted by molar-refractivity contribution is 6.33. The molecule has 1 aliphatic rings. The van der Waals surface area contributed by atoms with Gasteiger partial charge in [-0.1, -0.05) is 50.9 Å². The minimum Gasteiger partial charge on any atom is -0.325 e. The number of halogens is 2. The Morgan fingerprint density at radius 1 is 1.00 bits per heavy atom. The molecule has 0 atom stereocenters. The summed E-state index contributed by atoms with van der Waals surface area (Å²) >= 11 is 12.4. The van der Waals surface area contributed by atoms with E-state index < -0.39 is 0 Å².